The summed E-state index contributed by atoms with van der Waals surface area (Å²) >= 11 is 0. The zero-order chi connectivity index (χ0) is 93.7. The number of aromatic amines is 4. The number of aliphatic hydroxyl groups excluding tert-OH is 1. The van der Waals surface area contributed by atoms with Crippen LogP contribution in [0, 0.1) is 16.7 Å². The predicted octanol–water partition coefficient (Wildman–Crippen LogP) is -1.62. The Morgan fingerprint density at radius 2 is 0.815 bits per heavy atom. The maximum Gasteiger partial charge on any atom is 0.245 e. The third kappa shape index (κ3) is 28.3. The number of nitrogens with one attached hydrogen (secondary N) is 21. The van der Waals surface area contributed by atoms with Crippen LogP contribution in [-0.2, 0) is 106 Å². The molecule has 6 heterocycles. The number of fused-ring (bicyclic) bond motifs is 7. The topological polar surface area (TPSA) is 632 Å². The molecular formula is C87H114N26O15S2. The third-order valence-corrected chi connectivity index (χ3v) is 24.8. The van der Waals surface area contributed by atoms with Gasteiger partial charge in [-0.05, 0) is 86.8 Å². The highest BCUT2D eigenvalue weighted by molar-refractivity contribution is 8.76. The molecule has 2 fully saturated rings. The smallest absolute Gasteiger partial charge is 0.245 e. The molecule has 43 heteroatoms. The van der Waals surface area contributed by atoms with Gasteiger partial charge in [0.2, 0.25) is 82.7 Å². The average Bonchev–Trinajstić information content (AvgIpc) is 1.32. The first-order valence-corrected chi connectivity index (χ1v) is 45.2. The lowest BCUT2D eigenvalue weighted by Crippen LogP contribution is -2.63. The van der Waals surface area contributed by atoms with E-state index in [1.807, 2.05) is 0 Å². The van der Waals surface area contributed by atoms with E-state index in [0.29, 0.717) is 44.1 Å². The van der Waals surface area contributed by atoms with Crippen LogP contribution in [0.3, 0.4) is 0 Å². The molecule has 2 aliphatic heterocycles. The molecule has 26 N–H and O–H groups in total. The van der Waals surface area contributed by atoms with Crippen molar-refractivity contribution in [2.24, 2.45) is 17.4 Å². The zero-order valence-electron chi connectivity index (χ0n) is 72.7. The highest BCUT2D eigenvalue weighted by atomic mass is 33.1. The summed E-state index contributed by atoms with van der Waals surface area (Å²) in [6, 6.07) is 8.51. The van der Waals surface area contributed by atoms with Gasteiger partial charge in [0.1, 0.15) is 84.6 Å². The first kappa shape index (κ1) is 98.3. The number of hydrogen-bond donors (Lipinski definition) is 24. The van der Waals surface area contributed by atoms with Crippen molar-refractivity contribution in [2.45, 2.75) is 196 Å². The zero-order valence-corrected chi connectivity index (χ0v) is 74.3. The van der Waals surface area contributed by atoms with E-state index in [-0.39, 0.29) is 88.7 Å². The lowest BCUT2D eigenvalue weighted by atomic mass is 9.97. The maximum absolute atomic E-state index is 15.6. The van der Waals surface area contributed by atoms with Crippen molar-refractivity contribution in [1.82, 2.24) is 115 Å². The van der Waals surface area contributed by atoms with Crippen LogP contribution in [0.4, 0.5) is 0 Å². The number of rotatable bonds is 23. The normalized spacial score (nSPS) is 24.2. The number of carbonyl (C=O) groups is 14. The minimum Gasteiger partial charge on any atom is -0.391 e. The van der Waals surface area contributed by atoms with E-state index in [1.54, 1.807) is 135 Å². The minimum atomic E-state index is -1.99. The number of nitrogens with two attached hydrogens (primary N) is 2. The van der Waals surface area contributed by atoms with Crippen LogP contribution in [0.5, 0.6) is 0 Å². The highest BCUT2D eigenvalue weighted by Crippen LogP contribution is 2.27. The van der Waals surface area contributed by atoms with Gasteiger partial charge in [-0.15, -0.1) is 0 Å². The fraction of sp³-hybridized carbons (Fsp3) is 0.425. The number of nitrogens with zero attached hydrogens (tertiary/aromatic N) is 3. The number of hydrogen-bond acceptors (Lipinski definition) is 21. The Morgan fingerprint density at radius 1 is 0.438 bits per heavy atom. The van der Waals surface area contributed by atoms with E-state index >= 15 is 62.3 Å². The second-order valence-electron chi connectivity index (χ2n) is 32.1. The molecule has 0 radical (unpaired) electrons. The lowest BCUT2D eigenvalue weighted by Gasteiger charge is -2.33. The Kier molecular flexibility index (Phi) is 36.2. The van der Waals surface area contributed by atoms with Gasteiger partial charge in [0.15, 0.2) is 11.9 Å². The number of carbonyl (C=O) groups excluding carboxylic acids is 14. The molecule has 16 atom stereocenters. The Morgan fingerprint density at radius 3 is 1.29 bits per heavy atom. The van der Waals surface area contributed by atoms with Gasteiger partial charge in [-0.1, -0.05) is 139 Å². The molecular weight excluding hydrogens is 1710 g/mol. The number of benzene rings is 4. The van der Waals surface area contributed by atoms with E-state index in [4.69, 9.17) is 22.3 Å². The lowest BCUT2D eigenvalue weighted by molar-refractivity contribution is -0.143. The summed E-state index contributed by atoms with van der Waals surface area (Å²) in [5.74, 6) is -16.3. The van der Waals surface area contributed by atoms with Crippen LogP contribution in [-0.4, -0.2) is 257 Å². The number of para-hydroxylation sites is 2. The molecule has 4 aromatic carbocycles. The maximum atomic E-state index is 15.6. The molecule has 0 spiro atoms. The van der Waals surface area contributed by atoms with Crippen LogP contribution in [0.25, 0.3) is 21.8 Å². The molecule has 694 valence electrons. The number of aromatic nitrogens is 6. The molecule has 8 aromatic rings. The molecule has 4 aromatic heterocycles. The van der Waals surface area contributed by atoms with Crippen molar-refractivity contribution < 1.29 is 72.2 Å². The summed E-state index contributed by atoms with van der Waals surface area (Å²) < 4.78 is 0. The number of imidazole rings is 2. The van der Waals surface area contributed by atoms with Crippen LogP contribution in [0.1, 0.15) is 100 Å². The van der Waals surface area contributed by atoms with E-state index in [1.165, 1.54) is 45.9 Å². The fourth-order valence-corrected chi connectivity index (χ4v) is 17.2. The molecule has 2 saturated heterocycles. The molecule has 0 aliphatic carbocycles. The quantitative estimate of drug-likeness (QED) is 0.0148. The van der Waals surface area contributed by atoms with Gasteiger partial charge in [0.05, 0.1) is 30.1 Å². The third-order valence-electron chi connectivity index (χ3n) is 22.4. The predicted molar refractivity (Wildman–Crippen MR) is 486 cm³/mol. The molecule has 0 saturated carbocycles. The van der Waals surface area contributed by atoms with Gasteiger partial charge in [-0.25, -0.2) is 9.97 Å². The Bertz CT molecular complexity index is 5270. The van der Waals surface area contributed by atoms with Crippen LogP contribution in [0.2, 0.25) is 0 Å². The van der Waals surface area contributed by atoms with E-state index in [9.17, 15) is 9.90 Å². The monoisotopic (exact) mass is 1830 g/mol. The number of amides is 14. The molecule has 14 amide bonds. The first-order chi connectivity index (χ1) is 62.3. The second kappa shape index (κ2) is 47.8. The molecule has 41 nitrogen and oxygen atoms in total. The molecule has 0 unspecified atom stereocenters. The largest absolute Gasteiger partial charge is 0.391 e. The van der Waals surface area contributed by atoms with Crippen molar-refractivity contribution in [3.63, 3.8) is 0 Å². The Labute approximate surface area is 756 Å². The number of H-pyrrole nitrogens is 4. The van der Waals surface area contributed by atoms with E-state index in [2.05, 4.69) is 110 Å². The Hall–Kier alpha value is -13.8. The number of aliphatic hydroxyl groups is 1. The van der Waals surface area contributed by atoms with Crippen molar-refractivity contribution in [3.05, 3.63) is 180 Å². The number of guanidine groups is 2. The summed E-state index contributed by atoms with van der Waals surface area (Å²) in [5.41, 5.74) is 15.2. The van der Waals surface area contributed by atoms with Gasteiger partial charge in [-0.2, -0.15) is 0 Å². The molecule has 130 heavy (non-hydrogen) atoms. The summed E-state index contributed by atoms with van der Waals surface area (Å²) in [4.78, 5) is 236. The van der Waals surface area contributed by atoms with Crippen LogP contribution < -0.4 is 91.2 Å². The van der Waals surface area contributed by atoms with Crippen molar-refractivity contribution >= 4 is 138 Å². The first-order valence-electron chi connectivity index (χ1n) is 42.7. The van der Waals surface area contributed by atoms with Crippen molar-refractivity contribution in [1.29, 1.82) is 10.8 Å². The Balaban J connectivity index is 1.08. The summed E-state index contributed by atoms with van der Waals surface area (Å²) in [6.07, 6.45) is 5.27. The van der Waals surface area contributed by atoms with Crippen molar-refractivity contribution in [2.75, 3.05) is 31.6 Å². The summed E-state index contributed by atoms with van der Waals surface area (Å²) in [6.45, 7) is 7.15. The van der Waals surface area contributed by atoms with Crippen LogP contribution >= 0.6 is 21.6 Å². The van der Waals surface area contributed by atoms with Gasteiger partial charge >= 0.3 is 0 Å². The molecule has 10 rings (SSSR count). The van der Waals surface area contributed by atoms with Gasteiger partial charge in [0.25, 0.3) is 0 Å². The number of likely N-dealkylation sites (N-methyl/N-ethyl adjacent to an activating group) is 1. The average molecular weight is 1830 g/mol. The van der Waals surface area contributed by atoms with E-state index in [0.717, 1.165) is 33.4 Å². The fourth-order valence-electron chi connectivity index (χ4n) is 14.9. The SMILES string of the molecule is CC[C@H](C)[C@@H]1NC(=O)[C@H](C)NC(=O)[C@H](Cc2c[nH]c3ccccc23)NC(=O)[C@H](CCCNC(=N)N)N(C)C(=O)[C@@H](Cc2ccccc2)NC(=O)[C@H](Cc2c[nH]cn2)NC(=O)[C@H]([C@@H](C)O)NC(=O)[C@@H]2CSSC[C@H](NC1=O)C(=O)N[C@@H](Cc1c[nH]cn1)C(=O)N[C@H](Cc1ccccc1)C(=O)N[C@@H](CCCNC(=N)N)C(=O)N[C@@H](Cc1c[nH]c3ccccc13)C(=O)N[C@@H](C)C(=O)N2. The molecule has 2 bridgehead atoms. The summed E-state index contributed by atoms with van der Waals surface area (Å²) in [7, 11) is 2.99. The highest BCUT2D eigenvalue weighted by Gasteiger charge is 2.42. The van der Waals surface area contributed by atoms with Gasteiger partial charge in [0, 0.05) is 117 Å². The minimum absolute atomic E-state index is 0.0175. The van der Waals surface area contributed by atoms with Crippen LogP contribution in [0.15, 0.2) is 147 Å². The van der Waals surface area contributed by atoms with Gasteiger partial charge in [-0.3, -0.25) is 77.9 Å². The standard InChI is InChI=1S/C87H114N26O15S2/c1-7-46(2)70-83(126)110-67-42-129-130-43-68(109-72(115)47(3)100-75(118)62(34-52-38-96-58-26-16-14-24-56(52)58)104-74(117)60(28-18-30-94-86(88)89)102-77(120)61(32-50-20-10-8-11-21-50)103-78(121)64(105-80(67)123)36-54-40-92-44-98-54)81(124)112-71(49(5)114)84(127)107-65(37-55-41-93-45-99-55)79(122)108-66(33-51-22-12-9-13-23-51)85(128)113(6)69(29-19-31-95-87(90)91)82(125)106-63(76(119)101-48(4)73(116)111-70)35-53-39-97-59-27-17-15-25-57(53)59/h8-17,20-27,38-41,44-49,60-71,96-97,114H,7,18-19,28-37,42-43H2,1-6H3,(H,92,98)(H,93,99)(H,100,118)(H,101,119)(H,102,120)(H,103,121)(H,104,117)(H,105,123)(H,106,125)(H,107,127)(H,108,122)(H,109,115)(H,110,126)(H,111,116)(H,112,124)(H4,88,89,94)(H4,90,91,95)/t46-,47-,48-,49+,60-,61+,62-,63-,64-,65-,66+,67-,68-,69-,70-,71-/m0/s1. The van der Waals surface area contributed by atoms with Gasteiger partial charge < -0.3 is 121 Å². The molecule has 2 aliphatic rings. The van der Waals surface area contributed by atoms with Crippen molar-refractivity contribution in [3.8, 4) is 0 Å². The summed E-state index contributed by atoms with van der Waals surface area (Å²) in [5, 5.41) is 69.5. The second-order valence-corrected chi connectivity index (χ2v) is 34.7. The van der Waals surface area contributed by atoms with E-state index < -0.39 is 209 Å².